The van der Waals surface area contributed by atoms with Crippen LogP contribution in [0, 0.1) is 0 Å². The summed E-state index contributed by atoms with van der Waals surface area (Å²) >= 11 is 1.44. The van der Waals surface area contributed by atoms with Crippen LogP contribution in [-0.4, -0.2) is 35.6 Å². The number of rotatable bonds is 6. The molecule has 0 unspecified atom stereocenters. The molecule has 1 fully saturated rings. The van der Waals surface area contributed by atoms with E-state index in [9.17, 15) is 4.79 Å². The van der Waals surface area contributed by atoms with Gasteiger partial charge in [-0.3, -0.25) is 4.79 Å². The van der Waals surface area contributed by atoms with E-state index in [2.05, 4.69) is 20.2 Å². The Bertz CT molecular complexity index is 932. The topological polar surface area (TPSA) is 67.3 Å². The summed E-state index contributed by atoms with van der Waals surface area (Å²) in [7, 11) is 0. The third kappa shape index (κ3) is 4.14. The minimum absolute atomic E-state index is 0.228. The van der Waals surface area contributed by atoms with Gasteiger partial charge in [0.05, 0.1) is 6.61 Å². The number of pyridine rings is 1. The van der Waals surface area contributed by atoms with Crippen molar-refractivity contribution < 1.29 is 9.53 Å². The van der Waals surface area contributed by atoms with Crippen LogP contribution in [0.5, 0.6) is 5.75 Å². The van der Waals surface area contributed by atoms with Gasteiger partial charge < -0.3 is 15.0 Å². The lowest BCUT2D eigenvalue weighted by Gasteiger charge is -2.15. The van der Waals surface area contributed by atoms with Crippen LogP contribution in [0.3, 0.4) is 0 Å². The van der Waals surface area contributed by atoms with Crippen molar-refractivity contribution in [2.24, 2.45) is 0 Å². The number of anilines is 2. The molecule has 1 amide bonds. The van der Waals surface area contributed by atoms with E-state index in [0.717, 1.165) is 35.2 Å². The van der Waals surface area contributed by atoms with E-state index in [0.29, 0.717) is 18.0 Å². The maximum atomic E-state index is 12.5. The predicted octanol–water partition coefficient (Wildman–Crippen LogP) is 4.46. The summed E-state index contributed by atoms with van der Waals surface area (Å²) in [6.07, 6.45) is 4.28. The van der Waals surface area contributed by atoms with Crippen molar-refractivity contribution in [1.29, 1.82) is 0 Å². The maximum Gasteiger partial charge on any atom is 0.275 e. The second-order valence-electron chi connectivity index (χ2n) is 6.55. The molecule has 2 aromatic heterocycles. The minimum Gasteiger partial charge on any atom is -0.494 e. The molecule has 28 heavy (non-hydrogen) atoms. The summed E-state index contributed by atoms with van der Waals surface area (Å²) in [5, 5.41) is 5.43. The van der Waals surface area contributed by atoms with Crippen molar-refractivity contribution >= 4 is 28.7 Å². The molecule has 1 aliphatic heterocycles. The first-order chi connectivity index (χ1) is 13.7. The van der Waals surface area contributed by atoms with Crippen molar-refractivity contribution in [3.8, 4) is 16.3 Å². The SMILES string of the molecule is CCOc1ccc(NC(=O)c2csc(-c3ccc(N4CCCC4)nc3)n2)cc1. The predicted molar refractivity (Wildman–Crippen MR) is 112 cm³/mol. The number of nitrogens with zero attached hydrogens (tertiary/aromatic N) is 3. The van der Waals surface area contributed by atoms with E-state index in [-0.39, 0.29) is 5.91 Å². The Morgan fingerprint density at radius 1 is 1.18 bits per heavy atom. The molecule has 0 bridgehead atoms. The Labute approximate surface area is 168 Å². The standard InChI is InChI=1S/C21H22N4O2S/c1-2-27-17-8-6-16(7-9-17)23-20(26)18-14-28-21(24-18)15-5-10-19(22-13-15)25-11-3-4-12-25/h5-10,13-14H,2-4,11-12H2,1H3,(H,23,26). The lowest BCUT2D eigenvalue weighted by atomic mass is 10.3. The van der Waals surface area contributed by atoms with E-state index in [1.54, 1.807) is 5.38 Å². The first-order valence-corrected chi connectivity index (χ1v) is 10.3. The quantitative estimate of drug-likeness (QED) is 0.669. The molecule has 1 N–H and O–H groups in total. The van der Waals surface area contributed by atoms with E-state index in [1.807, 2.05) is 49.5 Å². The molecule has 3 aromatic rings. The van der Waals surface area contributed by atoms with Crippen LogP contribution in [0.15, 0.2) is 48.0 Å². The number of hydrogen-bond donors (Lipinski definition) is 1. The molecule has 4 rings (SSSR count). The monoisotopic (exact) mass is 394 g/mol. The number of carbonyl (C=O) groups is 1. The fourth-order valence-corrected chi connectivity index (χ4v) is 3.94. The molecule has 0 atom stereocenters. The molecular weight excluding hydrogens is 372 g/mol. The van der Waals surface area contributed by atoms with Gasteiger partial charge in [0.2, 0.25) is 0 Å². The Hall–Kier alpha value is -2.93. The summed E-state index contributed by atoms with van der Waals surface area (Å²) < 4.78 is 5.41. The van der Waals surface area contributed by atoms with Gasteiger partial charge in [-0.2, -0.15) is 0 Å². The molecule has 1 aliphatic rings. The lowest BCUT2D eigenvalue weighted by molar-refractivity contribution is 0.102. The first-order valence-electron chi connectivity index (χ1n) is 9.44. The number of amides is 1. The second kappa shape index (κ2) is 8.39. The Morgan fingerprint density at radius 3 is 2.64 bits per heavy atom. The van der Waals surface area contributed by atoms with E-state index in [1.165, 1.54) is 24.2 Å². The van der Waals surface area contributed by atoms with Crippen LogP contribution in [-0.2, 0) is 0 Å². The van der Waals surface area contributed by atoms with Crippen LogP contribution in [0.4, 0.5) is 11.5 Å². The van der Waals surface area contributed by atoms with E-state index in [4.69, 9.17) is 4.74 Å². The summed E-state index contributed by atoms with van der Waals surface area (Å²) in [5.74, 6) is 1.56. The zero-order chi connectivity index (χ0) is 19.3. The number of ether oxygens (including phenoxy) is 1. The number of hydrogen-bond acceptors (Lipinski definition) is 6. The Kier molecular flexibility index (Phi) is 5.53. The largest absolute Gasteiger partial charge is 0.494 e. The molecule has 0 saturated carbocycles. The molecule has 144 valence electrons. The summed E-state index contributed by atoms with van der Waals surface area (Å²) in [6, 6.07) is 11.3. The highest BCUT2D eigenvalue weighted by molar-refractivity contribution is 7.13. The molecule has 0 aliphatic carbocycles. The third-order valence-electron chi connectivity index (χ3n) is 4.58. The van der Waals surface area contributed by atoms with Gasteiger partial charge in [0.25, 0.3) is 5.91 Å². The summed E-state index contributed by atoms with van der Waals surface area (Å²) in [5.41, 5.74) is 2.03. The minimum atomic E-state index is -0.228. The van der Waals surface area contributed by atoms with E-state index < -0.39 is 0 Å². The molecule has 0 radical (unpaired) electrons. The zero-order valence-corrected chi connectivity index (χ0v) is 16.5. The average Bonchev–Trinajstić information content (AvgIpc) is 3.42. The Balaban J connectivity index is 1.42. The number of thiazole rings is 1. The van der Waals surface area contributed by atoms with Gasteiger partial charge in [0, 0.05) is 35.9 Å². The van der Waals surface area contributed by atoms with E-state index >= 15 is 0 Å². The normalized spacial score (nSPS) is 13.5. The van der Waals surface area contributed by atoms with Crippen LogP contribution in [0.2, 0.25) is 0 Å². The second-order valence-corrected chi connectivity index (χ2v) is 7.41. The van der Waals surface area contributed by atoms with Crippen molar-refractivity contribution in [3.63, 3.8) is 0 Å². The van der Waals surface area contributed by atoms with Crippen LogP contribution < -0.4 is 15.0 Å². The Morgan fingerprint density at radius 2 is 1.96 bits per heavy atom. The van der Waals surface area contributed by atoms with Gasteiger partial charge in [0.15, 0.2) is 0 Å². The first kappa shape index (κ1) is 18.4. The highest BCUT2D eigenvalue weighted by atomic mass is 32.1. The fourth-order valence-electron chi connectivity index (χ4n) is 3.15. The fraction of sp³-hybridized carbons (Fsp3) is 0.286. The van der Waals surface area contributed by atoms with Crippen LogP contribution in [0.25, 0.3) is 10.6 Å². The lowest BCUT2D eigenvalue weighted by Crippen LogP contribution is -2.18. The molecule has 3 heterocycles. The smallest absolute Gasteiger partial charge is 0.275 e. The molecular formula is C21H22N4O2S. The van der Waals surface area contributed by atoms with Gasteiger partial charge >= 0.3 is 0 Å². The van der Waals surface area contributed by atoms with Gasteiger partial charge in [-0.25, -0.2) is 9.97 Å². The zero-order valence-electron chi connectivity index (χ0n) is 15.7. The van der Waals surface area contributed by atoms with Crippen molar-refractivity contribution in [1.82, 2.24) is 9.97 Å². The summed E-state index contributed by atoms with van der Waals surface area (Å²) in [4.78, 5) is 23.8. The average molecular weight is 395 g/mol. The highest BCUT2D eigenvalue weighted by Crippen LogP contribution is 2.26. The van der Waals surface area contributed by atoms with Crippen molar-refractivity contribution in [2.45, 2.75) is 19.8 Å². The van der Waals surface area contributed by atoms with Crippen molar-refractivity contribution in [2.75, 3.05) is 29.9 Å². The van der Waals surface area contributed by atoms with Gasteiger partial charge in [-0.1, -0.05) is 0 Å². The number of aromatic nitrogens is 2. The van der Waals surface area contributed by atoms with Crippen LogP contribution >= 0.6 is 11.3 Å². The number of carbonyl (C=O) groups excluding carboxylic acids is 1. The summed E-state index contributed by atoms with van der Waals surface area (Å²) in [6.45, 7) is 4.69. The maximum absolute atomic E-state index is 12.5. The highest BCUT2D eigenvalue weighted by Gasteiger charge is 2.15. The van der Waals surface area contributed by atoms with Gasteiger partial charge in [-0.05, 0) is 56.2 Å². The van der Waals surface area contributed by atoms with Gasteiger partial charge in [-0.15, -0.1) is 11.3 Å². The molecule has 7 heteroatoms. The molecule has 0 spiro atoms. The van der Waals surface area contributed by atoms with Gasteiger partial charge in [0.1, 0.15) is 22.3 Å². The number of nitrogens with one attached hydrogen (secondary N) is 1. The molecule has 1 aromatic carbocycles. The number of benzene rings is 1. The van der Waals surface area contributed by atoms with Crippen molar-refractivity contribution in [3.05, 3.63) is 53.7 Å². The third-order valence-corrected chi connectivity index (χ3v) is 5.48. The molecule has 1 saturated heterocycles. The van der Waals surface area contributed by atoms with Crippen LogP contribution in [0.1, 0.15) is 30.3 Å². The molecule has 6 nitrogen and oxygen atoms in total.